The Morgan fingerprint density at radius 3 is 2.48 bits per heavy atom. The molecule has 0 radical (unpaired) electrons. The third-order valence-corrected chi connectivity index (χ3v) is 7.36. The average molecular weight is 447 g/mol. The van der Waals surface area contributed by atoms with Crippen molar-refractivity contribution in [3.05, 3.63) is 59.7 Å². The fourth-order valence-electron chi connectivity index (χ4n) is 3.51. The van der Waals surface area contributed by atoms with E-state index < -0.39 is 10.0 Å². The maximum Gasteiger partial charge on any atom is 0.255 e. The van der Waals surface area contributed by atoms with E-state index in [2.05, 4.69) is 5.32 Å². The molecule has 31 heavy (non-hydrogen) atoms. The number of carbonyl (C=O) groups excluding carboxylic acids is 1. The van der Waals surface area contributed by atoms with E-state index in [1.165, 1.54) is 4.31 Å². The van der Waals surface area contributed by atoms with Gasteiger partial charge in [-0.2, -0.15) is 4.31 Å². The van der Waals surface area contributed by atoms with Gasteiger partial charge in [0.05, 0.1) is 16.6 Å². The van der Waals surface area contributed by atoms with Crippen LogP contribution in [-0.2, 0) is 21.3 Å². The Labute approximate surface area is 184 Å². The summed E-state index contributed by atoms with van der Waals surface area (Å²) in [6.45, 7) is 5.93. The molecular weight excluding hydrogens is 416 g/mol. The molecule has 2 aromatic rings. The van der Waals surface area contributed by atoms with E-state index in [9.17, 15) is 13.2 Å². The zero-order valence-electron chi connectivity index (χ0n) is 18.0. The van der Waals surface area contributed by atoms with Crippen LogP contribution < -0.4 is 10.1 Å². The second-order valence-electron chi connectivity index (χ2n) is 7.36. The standard InChI is InChI=1S/C23H30N2O5S/c1-3-25(4-2)31(27,28)20-13-11-18(12-14-20)16-24-23(26)21-9-5-6-10-22(21)30-17-19-8-7-15-29-19/h5-6,9-14,19H,3-4,7-8,15-17H2,1-2H3,(H,24,26)/t19-/m1/s1. The van der Waals surface area contributed by atoms with Crippen molar-refractivity contribution in [2.75, 3.05) is 26.3 Å². The maximum atomic E-state index is 12.7. The molecule has 0 aliphatic carbocycles. The van der Waals surface area contributed by atoms with Gasteiger partial charge < -0.3 is 14.8 Å². The number of ether oxygens (including phenoxy) is 2. The highest BCUT2D eigenvalue weighted by Crippen LogP contribution is 2.21. The van der Waals surface area contributed by atoms with E-state index in [-0.39, 0.29) is 23.5 Å². The number of para-hydroxylation sites is 1. The Morgan fingerprint density at radius 2 is 1.84 bits per heavy atom. The van der Waals surface area contributed by atoms with Gasteiger partial charge in [0, 0.05) is 26.2 Å². The van der Waals surface area contributed by atoms with Crippen LogP contribution >= 0.6 is 0 Å². The molecule has 1 fully saturated rings. The molecule has 1 aliphatic heterocycles. The van der Waals surface area contributed by atoms with Crippen molar-refractivity contribution in [3.63, 3.8) is 0 Å². The van der Waals surface area contributed by atoms with E-state index in [0.717, 1.165) is 25.0 Å². The van der Waals surface area contributed by atoms with Crippen LogP contribution in [-0.4, -0.2) is 51.0 Å². The molecule has 0 spiro atoms. The average Bonchev–Trinajstić information content (AvgIpc) is 3.31. The van der Waals surface area contributed by atoms with E-state index in [4.69, 9.17) is 9.47 Å². The summed E-state index contributed by atoms with van der Waals surface area (Å²) >= 11 is 0. The predicted molar refractivity (Wildman–Crippen MR) is 119 cm³/mol. The minimum Gasteiger partial charge on any atom is -0.490 e. The number of rotatable bonds is 10. The molecule has 0 saturated carbocycles. The lowest BCUT2D eigenvalue weighted by molar-refractivity contribution is 0.0670. The predicted octanol–water partition coefficient (Wildman–Crippen LogP) is 3.20. The van der Waals surface area contributed by atoms with Gasteiger partial charge in [0.2, 0.25) is 10.0 Å². The number of carbonyl (C=O) groups is 1. The summed E-state index contributed by atoms with van der Waals surface area (Å²) in [6, 6.07) is 13.7. The van der Waals surface area contributed by atoms with Crippen molar-refractivity contribution in [1.82, 2.24) is 9.62 Å². The molecule has 168 valence electrons. The highest BCUT2D eigenvalue weighted by Gasteiger charge is 2.21. The largest absolute Gasteiger partial charge is 0.490 e. The number of sulfonamides is 1. The zero-order valence-corrected chi connectivity index (χ0v) is 18.9. The fourth-order valence-corrected chi connectivity index (χ4v) is 4.97. The lowest BCUT2D eigenvalue weighted by Gasteiger charge is -2.18. The van der Waals surface area contributed by atoms with Crippen LogP contribution in [0.1, 0.15) is 42.6 Å². The molecule has 1 saturated heterocycles. The van der Waals surface area contributed by atoms with Crippen LogP contribution in [0.3, 0.4) is 0 Å². The third-order valence-electron chi connectivity index (χ3n) is 5.30. The van der Waals surface area contributed by atoms with Gasteiger partial charge in [-0.3, -0.25) is 4.79 Å². The number of hydrogen-bond acceptors (Lipinski definition) is 5. The number of benzene rings is 2. The second kappa shape index (κ2) is 10.7. The van der Waals surface area contributed by atoms with Gasteiger partial charge in [-0.1, -0.05) is 38.1 Å². The van der Waals surface area contributed by atoms with Gasteiger partial charge in [-0.05, 0) is 42.7 Å². The molecule has 8 heteroatoms. The summed E-state index contributed by atoms with van der Waals surface area (Å²) in [5.41, 5.74) is 1.27. The van der Waals surface area contributed by atoms with Crippen LogP contribution in [0.25, 0.3) is 0 Å². The Kier molecular flexibility index (Phi) is 8.06. The number of nitrogens with one attached hydrogen (secondary N) is 1. The molecule has 0 aromatic heterocycles. The molecule has 1 N–H and O–H groups in total. The van der Waals surface area contributed by atoms with Crippen molar-refractivity contribution < 1.29 is 22.7 Å². The van der Waals surface area contributed by atoms with Gasteiger partial charge in [-0.25, -0.2) is 8.42 Å². The Morgan fingerprint density at radius 1 is 1.13 bits per heavy atom. The highest BCUT2D eigenvalue weighted by atomic mass is 32.2. The molecule has 0 unspecified atom stereocenters. The molecular formula is C23H30N2O5S. The van der Waals surface area contributed by atoms with Crippen molar-refractivity contribution in [2.45, 2.75) is 44.2 Å². The summed E-state index contributed by atoms with van der Waals surface area (Å²) in [4.78, 5) is 13.0. The quantitative estimate of drug-likeness (QED) is 0.606. The molecule has 7 nitrogen and oxygen atoms in total. The van der Waals surface area contributed by atoms with E-state index in [1.54, 1.807) is 42.5 Å². The minimum atomic E-state index is -3.49. The van der Waals surface area contributed by atoms with E-state index >= 15 is 0 Å². The van der Waals surface area contributed by atoms with Gasteiger partial charge in [0.25, 0.3) is 5.91 Å². The molecule has 1 atom stereocenters. The maximum absolute atomic E-state index is 12.7. The summed E-state index contributed by atoms with van der Waals surface area (Å²) < 4.78 is 38.0. The first-order valence-electron chi connectivity index (χ1n) is 10.7. The van der Waals surface area contributed by atoms with Crippen LogP contribution in [0.4, 0.5) is 0 Å². The fraction of sp³-hybridized carbons (Fsp3) is 0.435. The van der Waals surface area contributed by atoms with Crippen LogP contribution in [0, 0.1) is 0 Å². The Balaban J connectivity index is 1.61. The van der Waals surface area contributed by atoms with Gasteiger partial charge in [0.1, 0.15) is 12.4 Å². The first-order valence-corrected chi connectivity index (χ1v) is 12.1. The first kappa shape index (κ1) is 23.2. The Hall–Kier alpha value is -2.42. The van der Waals surface area contributed by atoms with Crippen molar-refractivity contribution in [3.8, 4) is 5.75 Å². The third kappa shape index (κ3) is 5.84. The van der Waals surface area contributed by atoms with E-state index in [0.29, 0.717) is 31.0 Å². The summed E-state index contributed by atoms with van der Waals surface area (Å²) in [5, 5.41) is 2.88. The van der Waals surface area contributed by atoms with Crippen LogP contribution in [0.15, 0.2) is 53.4 Å². The topological polar surface area (TPSA) is 84.9 Å². The van der Waals surface area contributed by atoms with Crippen molar-refractivity contribution in [2.24, 2.45) is 0 Å². The lowest BCUT2D eigenvalue weighted by atomic mass is 10.1. The normalized spacial score (nSPS) is 16.4. The van der Waals surface area contributed by atoms with Gasteiger partial charge in [0.15, 0.2) is 0 Å². The number of nitrogens with zero attached hydrogens (tertiary/aromatic N) is 1. The molecule has 1 amide bonds. The SMILES string of the molecule is CCN(CC)S(=O)(=O)c1ccc(CNC(=O)c2ccccc2OC[C@H]2CCCO2)cc1. The molecule has 2 aromatic carbocycles. The minimum absolute atomic E-state index is 0.0715. The molecule has 1 heterocycles. The van der Waals surface area contributed by atoms with Crippen molar-refractivity contribution in [1.29, 1.82) is 0 Å². The van der Waals surface area contributed by atoms with Gasteiger partial charge in [-0.15, -0.1) is 0 Å². The Bertz CT molecular complexity index is 966. The summed E-state index contributed by atoms with van der Waals surface area (Å²) in [7, 11) is -3.49. The zero-order chi connectivity index (χ0) is 22.3. The lowest BCUT2D eigenvalue weighted by Crippen LogP contribution is -2.30. The van der Waals surface area contributed by atoms with Gasteiger partial charge >= 0.3 is 0 Å². The summed E-state index contributed by atoms with van der Waals surface area (Å²) in [5.74, 6) is 0.277. The second-order valence-corrected chi connectivity index (χ2v) is 9.30. The van der Waals surface area contributed by atoms with Crippen molar-refractivity contribution >= 4 is 15.9 Å². The molecule has 1 aliphatic rings. The number of hydrogen-bond donors (Lipinski definition) is 1. The van der Waals surface area contributed by atoms with E-state index in [1.807, 2.05) is 19.9 Å². The van der Waals surface area contributed by atoms with Crippen LogP contribution in [0.2, 0.25) is 0 Å². The molecule has 3 rings (SSSR count). The summed E-state index contributed by atoms with van der Waals surface area (Å²) in [6.07, 6.45) is 2.07. The monoisotopic (exact) mass is 446 g/mol. The smallest absolute Gasteiger partial charge is 0.255 e. The molecule has 0 bridgehead atoms. The first-order chi connectivity index (χ1) is 15.0. The van der Waals surface area contributed by atoms with Crippen LogP contribution in [0.5, 0.6) is 5.75 Å². The highest BCUT2D eigenvalue weighted by molar-refractivity contribution is 7.89. The number of amides is 1.